The lowest BCUT2D eigenvalue weighted by molar-refractivity contribution is 0.0693. The Kier molecular flexibility index (Phi) is 5.03. The van der Waals surface area contributed by atoms with Gasteiger partial charge in [-0.1, -0.05) is 12.1 Å². The summed E-state index contributed by atoms with van der Waals surface area (Å²) in [7, 11) is -2.29. The second-order valence-corrected chi connectivity index (χ2v) is 8.15. The van der Waals surface area contributed by atoms with Crippen molar-refractivity contribution in [2.24, 2.45) is 12.8 Å². The summed E-state index contributed by atoms with van der Waals surface area (Å²) in [6, 6.07) is 6.91. The van der Waals surface area contributed by atoms with Crippen LogP contribution >= 0.6 is 0 Å². The van der Waals surface area contributed by atoms with E-state index in [0.29, 0.717) is 0 Å². The van der Waals surface area contributed by atoms with Crippen LogP contribution in [0.3, 0.4) is 0 Å². The van der Waals surface area contributed by atoms with Crippen molar-refractivity contribution in [3.8, 4) is 0 Å². The van der Waals surface area contributed by atoms with E-state index in [1.165, 1.54) is 51.3 Å². The summed E-state index contributed by atoms with van der Waals surface area (Å²) in [4.78, 5) is 25.2. The van der Waals surface area contributed by atoms with Crippen LogP contribution in [0, 0.1) is 5.82 Å². The van der Waals surface area contributed by atoms with E-state index in [1.54, 1.807) is 6.07 Å². The normalized spacial score (nSPS) is 15.7. The third-order valence-electron chi connectivity index (χ3n) is 4.50. The van der Waals surface area contributed by atoms with E-state index in [1.807, 2.05) is 0 Å². The SMILES string of the molecule is Cn1cc(S(=O)(=O)N2CCN(C(=O)c3ccccc3F)CC2)cc1C(N)=O. The van der Waals surface area contributed by atoms with Crippen LogP contribution in [0.4, 0.5) is 4.39 Å². The van der Waals surface area contributed by atoms with Gasteiger partial charge in [0, 0.05) is 39.4 Å². The van der Waals surface area contributed by atoms with Crippen LogP contribution in [0.2, 0.25) is 0 Å². The molecule has 0 unspecified atom stereocenters. The van der Waals surface area contributed by atoms with Gasteiger partial charge in [0.05, 0.1) is 5.56 Å². The molecular formula is C17H19FN4O4S. The minimum Gasteiger partial charge on any atom is -0.364 e. The zero-order valence-corrected chi connectivity index (χ0v) is 15.4. The molecule has 2 amide bonds. The molecule has 2 heterocycles. The van der Waals surface area contributed by atoms with E-state index >= 15 is 0 Å². The quantitative estimate of drug-likeness (QED) is 0.811. The maximum Gasteiger partial charge on any atom is 0.265 e. The van der Waals surface area contributed by atoms with Crippen molar-refractivity contribution in [3.63, 3.8) is 0 Å². The van der Waals surface area contributed by atoms with Crippen LogP contribution in [0.15, 0.2) is 41.4 Å². The Morgan fingerprint density at radius 2 is 1.74 bits per heavy atom. The maximum absolute atomic E-state index is 13.8. The third-order valence-corrected chi connectivity index (χ3v) is 6.36. The first kappa shape index (κ1) is 19.1. The number of hydrogen-bond donors (Lipinski definition) is 1. The van der Waals surface area contributed by atoms with E-state index in [-0.39, 0.29) is 42.3 Å². The second-order valence-electron chi connectivity index (χ2n) is 6.21. The van der Waals surface area contributed by atoms with Gasteiger partial charge in [-0.15, -0.1) is 0 Å². The van der Waals surface area contributed by atoms with Crippen LogP contribution < -0.4 is 5.73 Å². The Morgan fingerprint density at radius 1 is 1.11 bits per heavy atom. The van der Waals surface area contributed by atoms with Gasteiger partial charge in [-0.25, -0.2) is 12.8 Å². The smallest absolute Gasteiger partial charge is 0.265 e. The number of primary amides is 1. The highest BCUT2D eigenvalue weighted by atomic mass is 32.2. The Balaban J connectivity index is 1.73. The number of carbonyl (C=O) groups is 2. The fraction of sp³-hybridized carbons (Fsp3) is 0.294. The van der Waals surface area contributed by atoms with Crippen LogP contribution in [-0.2, 0) is 17.1 Å². The second kappa shape index (κ2) is 7.12. The van der Waals surface area contributed by atoms with Gasteiger partial charge in [0.25, 0.3) is 11.8 Å². The van der Waals surface area contributed by atoms with E-state index in [2.05, 4.69) is 0 Å². The predicted molar refractivity (Wildman–Crippen MR) is 95.0 cm³/mol. The maximum atomic E-state index is 13.8. The fourth-order valence-electron chi connectivity index (χ4n) is 3.01. The molecule has 1 aromatic carbocycles. The molecule has 1 fully saturated rings. The Hall–Kier alpha value is -2.72. The van der Waals surface area contributed by atoms with Crippen molar-refractivity contribution in [1.29, 1.82) is 0 Å². The summed E-state index contributed by atoms with van der Waals surface area (Å²) < 4.78 is 41.9. The molecule has 8 nitrogen and oxygen atoms in total. The number of sulfonamides is 1. The van der Waals surface area contributed by atoms with Gasteiger partial charge in [-0.05, 0) is 18.2 Å². The van der Waals surface area contributed by atoms with Crippen LogP contribution in [-0.4, -0.2) is 60.2 Å². The Labute approximate surface area is 156 Å². The molecule has 2 aromatic rings. The number of nitrogens with two attached hydrogens (primary N) is 1. The average molecular weight is 394 g/mol. The van der Waals surface area contributed by atoms with Gasteiger partial charge in [0.15, 0.2) is 0 Å². The number of rotatable bonds is 4. The molecule has 2 N–H and O–H groups in total. The number of nitrogens with zero attached hydrogens (tertiary/aromatic N) is 3. The van der Waals surface area contributed by atoms with Gasteiger partial charge in [-0.3, -0.25) is 9.59 Å². The summed E-state index contributed by atoms with van der Waals surface area (Å²) in [5.41, 5.74) is 5.27. The summed E-state index contributed by atoms with van der Waals surface area (Å²) in [5, 5.41) is 0. The summed E-state index contributed by atoms with van der Waals surface area (Å²) >= 11 is 0. The minimum absolute atomic E-state index is 0.0346. The molecule has 27 heavy (non-hydrogen) atoms. The summed E-state index contributed by atoms with van der Waals surface area (Å²) in [6.07, 6.45) is 1.33. The fourth-order valence-corrected chi connectivity index (χ4v) is 4.50. The molecule has 3 rings (SSSR count). The van der Waals surface area contributed by atoms with Crippen molar-refractivity contribution in [3.05, 3.63) is 53.6 Å². The van der Waals surface area contributed by atoms with Gasteiger partial charge < -0.3 is 15.2 Å². The monoisotopic (exact) mass is 394 g/mol. The van der Waals surface area contributed by atoms with E-state index in [0.717, 1.165) is 0 Å². The molecule has 0 spiro atoms. The largest absolute Gasteiger partial charge is 0.364 e. The van der Waals surface area contributed by atoms with Crippen molar-refractivity contribution < 1.29 is 22.4 Å². The number of benzene rings is 1. The first-order valence-electron chi connectivity index (χ1n) is 8.22. The minimum atomic E-state index is -3.83. The van der Waals surface area contributed by atoms with Crippen molar-refractivity contribution >= 4 is 21.8 Å². The van der Waals surface area contributed by atoms with Crippen LogP contribution in [0.5, 0.6) is 0 Å². The standard InChI is InChI=1S/C17H19FN4O4S/c1-20-11-12(10-15(20)16(19)23)27(25,26)22-8-6-21(7-9-22)17(24)13-4-2-3-5-14(13)18/h2-5,10-11H,6-9H2,1H3,(H2,19,23). The Bertz CT molecular complexity index is 994. The molecule has 144 valence electrons. The van der Waals surface area contributed by atoms with Gasteiger partial charge in [-0.2, -0.15) is 4.31 Å². The summed E-state index contributed by atoms with van der Waals surface area (Å²) in [6.45, 7) is 0.427. The molecule has 1 aliphatic heterocycles. The number of aryl methyl sites for hydroxylation is 1. The molecule has 1 saturated heterocycles. The topological polar surface area (TPSA) is 106 Å². The number of halogens is 1. The van der Waals surface area contributed by atoms with Crippen molar-refractivity contribution in [2.75, 3.05) is 26.2 Å². The van der Waals surface area contributed by atoms with Crippen LogP contribution in [0.25, 0.3) is 0 Å². The molecule has 10 heteroatoms. The number of hydrogen-bond acceptors (Lipinski definition) is 4. The lowest BCUT2D eigenvalue weighted by Crippen LogP contribution is -2.50. The predicted octanol–water partition coefficient (Wildman–Crippen LogP) is 0.410. The Morgan fingerprint density at radius 3 is 2.30 bits per heavy atom. The highest BCUT2D eigenvalue weighted by Crippen LogP contribution is 2.21. The highest BCUT2D eigenvalue weighted by Gasteiger charge is 2.32. The lowest BCUT2D eigenvalue weighted by Gasteiger charge is -2.33. The molecule has 1 aliphatic rings. The molecule has 0 radical (unpaired) electrons. The average Bonchev–Trinajstić information content (AvgIpc) is 3.04. The highest BCUT2D eigenvalue weighted by molar-refractivity contribution is 7.89. The van der Waals surface area contributed by atoms with Gasteiger partial charge in [0.1, 0.15) is 16.4 Å². The van der Waals surface area contributed by atoms with Crippen molar-refractivity contribution in [2.45, 2.75) is 4.90 Å². The first-order chi connectivity index (χ1) is 12.7. The van der Waals surface area contributed by atoms with Crippen molar-refractivity contribution in [1.82, 2.24) is 13.8 Å². The molecule has 0 bridgehead atoms. The van der Waals surface area contributed by atoms with Gasteiger partial charge >= 0.3 is 0 Å². The van der Waals surface area contributed by atoms with E-state index in [4.69, 9.17) is 5.73 Å². The third kappa shape index (κ3) is 3.58. The molecule has 0 aliphatic carbocycles. The lowest BCUT2D eigenvalue weighted by atomic mass is 10.1. The molecule has 0 atom stereocenters. The molecule has 0 saturated carbocycles. The zero-order valence-electron chi connectivity index (χ0n) is 14.6. The van der Waals surface area contributed by atoms with Gasteiger partial charge in [0.2, 0.25) is 10.0 Å². The number of aromatic nitrogens is 1. The number of piperazine rings is 1. The van der Waals surface area contributed by atoms with E-state index < -0.39 is 27.7 Å². The van der Waals surface area contributed by atoms with E-state index in [9.17, 15) is 22.4 Å². The van der Waals surface area contributed by atoms with Crippen LogP contribution in [0.1, 0.15) is 20.8 Å². The number of amides is 2. The first-order valence-corrected chi connectivity index (χ1v) is 9.66. The molecular weight excluding hydrogens is 375 g/mol. The summed E-state index contributed by atoms with van der Waals surface area (Å²) in [5.74, 6) is -1.80. The number of carbonyl (C=O) groups excluding carboxylic acids is 2. The molecule has 1 aromatic heterocycles. The zero-order chi connectivity index (χ0) is 19.8.